The monoisotopic (exact) mass is 494 g/mol. The van der Waals surface area contributed by atoms with Crippen molar-refractivity contribution in [3.8, 4) is 0 Å². The van der Waals surface area contributed by atoms with Crippen molar-refractivity contribution in [3.05, 3.63) is 66.8 Å². The number of hydrogen-bond acceptors (Lipinski definition) is 3. The Balaban J connectivity index is 2.73. The molecule has 0 heterocycles. The summed E-state index contributed by atoms with van der Waals surface area (Å²) in [5, 5.41) is 2.90. The third-order valence-corrected chi connectivity index (χ3v) is 8.73. The molecule has 0 saturated carbocycles. The van der Waals surface area contributed by atoms with Gasteiger partial charge >= 0.3 is 6.09 Å². The first kappa shape index (κ1) is 29.4. The summed E-state index contributed by atoms with van der Waals surface area (Å²) in [5.74, 6) is -0.00813. The molecule has 2 aromatic carbocycles. The van der Waals surface area contributed by atoms with E-state index < -0.39 is 11.7 Å². The lowest BCUT2D eigenvalue weighted by atomic mass is 9.74. The zero-order chi connectivity index (χ0) is 27.7. The van der Waals surface area contributed by atoms with Crippen LogP contribution in [0.1, 0.15) is 87.5 Å². The number of ether oxygens (including phenoxy) is 1. The predicted molar refractivity (Wildman–Crippen MR) is 149 cm³/mol. The predicted octanol–water partition coefficient (Wildman–Crippen LogP) is 6.63. The Labute approximate surface area is 218 Å². The second-order valence-corrected chi connectivity index (χ2v) is 10.4. The zero-order valence-electron chi connectivity index (χ0n) is 24.8. The van der Waals surface area contributed by atoms with Gasteiger partial charge in [-0.2, -0.15) is 0 Å². The Morgan fingerprint density at radius 3 is 1.33 bits per heavy atom. The van der Waals surface area contributed by atoms with Crippen LogP contribution in [0.15, 0.2) is 0 Å². The quantitative estimate of drug-likeness (QED) is 0.470. The second kappa shape index (κ2) is 11.1. The molecule has 0 bridgehead atoms. The summed E-state index contributed by atoms with van der Waals surface area (Å²) >= 11 is 0. The fourth-order valence-electron chi connectivity index (χ4n) is 5.71. The standard InChI is InChI=1S/C31H46N2O3/c1-14-33(27(12)34)16-15-32-30(35)36-31(13,28-23(8)19(4)17(2)20(5)24(28)9)29-25(10)21(6)18(3)22(7)26(29)11/h14-16H2,1-13H3,(H,32,35). The lowest BCUT2D eigenvalue weighted by molar-refractivity contribution is -0.128. The summed E-state index contributed by atoms with van der Waals surface area (Å²) in [6.07, 6.45) is -0.485. The Kier molecular flexibility index (Phi) is 9.04. The molecule has 36 heavy (non-hydrogen) atoms. The Morgan fingerprint density at radius 2 is 1.03 bits per heavy atom. The minimum Gasteiger partial charge on any atom is -0.433 e. The lowest BCUT2D eigenvalue weighted by Gasteiger charge is -2.38. The molecule has 0 radical (unpaired) electrons. The van der Waals surface area contributed by atoms with E-state index in [2.05, 4.69) is 74.6 Å². The smallest absolute Gasteiger partial charge is 0.408 e. The summed E-state index contributed by atoms with van der Waals surface area (Å²) in [7, 11) is 0. The number of nitrogens with zero attached hydrogens (tertiary/aromatic N) is 1. The van der Waals surface area contributed by atoms with Gasteiger partial charge in [-0.15, -0.1) is 0 Å². The van der Waals surface area contributed by atoms with Crippen molar-refractivity contribution in [2.75, 3.05) is 19.6 Å². The van der Waals surface area contributed by atoms with Crippen molar-refractivity contribution in [3.63, 3.8) is 0 Å². The first-order valence-corrected chi connectivity index (χ1v) is 13.0. The summed E-state index contributed by atoms with van der Waals surface area (Å²) in [6.45, 7) is 28.3. The third-order valence-electron chi connectivity index (χ3n) is 8.73. The van der Waals surface area contributed by atoms with Crippen LogP contribution in [-0.4, -0.2) is 36.5 Å². The van der Waals surface area contributed by atoms with Crippen molar-refractivity contribution in [2.24, 2.45) is 0 Å². The molecule has 0 aliphatic rings. The minimum absolute atomic E-state index is 0.00813. The van der Waals surface area contributed by atoms with Gasteiger partial charge in [0.25, 0.3) is 0 Å². The lowest BCUT2D eigenvalue weighted by Crippen LogP contribution is -2.42. The molecule has 2 rings (SSSR count). The van der Waals surface area contributed by atoms with Crippen LogP contribution in [0.5, 0.6) is 0 Å². The van der Waals surface area contributed by atoms with E-state index in [1.807, 2.05) is 13.8 Å². The van der Waals surface area contributed by atoms with Gasteiger partial charge in [-0.05, 0) is 139 Å². The van der Waals surface area contributed by atoms with Crippen molar-refractivity contribution >= 4 is 12.0 Å². The van der Waals surface area contributed by atoms with Crippen molar-refractivity contribution in [1.82, 2.24) is 10.2 Å². The highest BCUT2D eigenvalue weighted by atomic mass is 16.6. The summed E-state index contributed by atoms with van der Waals surface area (Å²) in [4.78, 5) is 26.8. The van der Waals surface area contributed by atoms with Crippen LogP contribution in [0, 0.1) is 69.2 Å². The first-order valence-electron chi connectivity index (χ1n) is 13.0. The molecule has 0 fully saturated rings. The van der Waals surface area contributed by atoms with Crippen molar-refractivity contribution in [2.45, 2.75) is 95.6 Å². The number of hydrogen-bond donors (Lipinski definition) is 1. The molecular weight excluding hydrogens is 448 g/mol. The van der Waals surface area contributed by atoms with E-state index in [9.17, 15) is 9.59 Å². The highest BCUT2D eigenvalue weighted by molar-refractivity contribution is 5.73. The molecule has 1 N–H and O–H groups in total. The van der Waals surface area contributed by atoms with Crippen LogP contribution in [0.2, 0.25) is 0 Å². The molecule has 0 unspecified atom stereocenters. The van der Waals surface area contributed by atoms with Gasteiger partial charge in [0.05, 0.1) is 0 Å². The summed E-state index contributed by atoms with van der Waals surface area (Å²) < 4.78 is 6.46. The van der Waals surface area contributed by atoms with Gasteiger partial charge in [-0.25, -0.2) is 4.79 Å². The van der Waals surface area contributed by atoms with Gasteiger partial charge in [0.15, 0.2) is 5.60 Å². The molecule has 2 aromatic rings. The van der Waals surface area contributed by atoms with E-state index in [1.165, 1.54) is 33.4 Å². The number of rotatable bonds is 7. The molecule has 0 aromatic heterocycles. The van der Waals surface area contributed by atoms with Gasteiger partial charge in [-0.3, -0.25) is 4.79 Å². The minimum atomic E-state index is -0.996. The van der Waals surface area contributed by atoms with Crippen LogP contribution in [0.3, 0.4) is 0 Å². The molecule has 0 saturated heterocycles. The van der Waals surface area contributed by atoms with Gasteiger partial charge in [0, 0.05) is 37.7 Å². The number of alkyl carbamates (subject to hydrolysis) is 1. The molecule has 0 aliphatic heterocycles. The van der Waals surface area contributed by atoms with Crippen molar-refractivity contribution < 1.29 is 14.3 Å². The van der Waals surface area contributed by atoms with E-state index in [0.29, 0.717) is 19.6 Å². The number of amides is 2. The number of carbonyl (C=O) groups excluding carboxylic acids is 2. The molecule has 2 amide bonds. The van der Waals surface area contributed by atoms with E-state index in [1.54, 1.807) is 11.8 Å². The van der Waals surface area contributed by atoms with Gasteiger partial charge in [0.2, 0.25) is 5.91 Å². The van der Waals surface area contributed by atoms with Gasteiger partial charge in [-0.1, -0.05) is 0 Å². The van der Waals surface area contributed by atoms with Crippen LogP contribution in [-0.2, 0) is 15.1 Å². The largest absolute Gasteiger partial charge is 0.433 e. The fraction of sp³-hybridized carbons (Fsp3) is 0.548. The number of benzene rings is 2. The Bertz CT molecular complexity index is 1070. The second-order valence-electron chi connectivity index (χ2n) is 10.4. The van der Waals surface area contributed by atoms with E-state index in [4.69, 9.17) is 4.74 Å². The van der Waals surface area contributed by atoms with Crippen LogP contribution in [0.25, 0.3) is 0 Å². The van der Waals surface area contributed by atoms with Crippen molar-refractivity contribution in [1.29, 1.82) is 0 Å². The average Bonchev–Trinajstić information content (AvgIpc) is 2.81. The number of nitrogens with one attached hydrogen (secondary N) is 1. The van der Waals surface area contributed by atoms with E-state index >= 15 is 0 Å². The number of carbonyl (C=O) groups is 2. The molecule has 0 aliphatic carbocycles. The SMILES string of the molecule is CCN(CCNC(=O)OC(C)(c1c(C)c(C)c(C)c(C)c1C)c1c(C)c(C)c(C)c(C)c1C)C(C)=O. The molecule has 198 valence electrons. The van der Waals surface area contributed by atoms with Gasteiger partial charge < -0.3 is 15.0 Å². The topological polar surface area (TPSA) is 58.6 Å². The van der Waals surface area contributed by atoms with E-state index in [-0.39, 0.29) is 5.91 Å². The maximum Gasteiger partial charge on any atom is 0.408 e. The zero-order valence-corrected chi connectivity index (χ0v) is 24.8. The summed E-state index contributed by atoms with van der Waals surface area (Å²) in [6, 6.07) is 0. The van der Waals surface area contributed by atoms with Crippen LogP contribution >= 0.6 is 0 Å². The molecule has 5 heteroatoms. The molecule has 0 spiro atoms. The van der Waals surface area contributed by atoms with Crippen LogP contribution < -0.4 is 5.32 Å². The summed E-state index contributed by atoms with van der Waals surface area (Å²) in [5.41, 5.74) is 13.1. The van der Waals surface area contributed by atoms with E-state index in [0.717, 1.165) is 33.4 Å². The maximum absolute atomic E-state index is 13.3. The average molecular weight is 495 g/mol. The molecule has 5 nitrogen and oxygen atoms in total. The third kappa shape index (κ3) is 5.16. The van der Waals surface area contributed by atoms with Crippen LogP contribution in [0.4, 0.5) is 4.79 Å². The number of likely N-dealkylation sites (N-methyl/N-ethyl adjacent to an activating group) is 1. The molecular formula is C31H46N2O3. The molecule has 0 atom stereocenters. The fourth-order valence-corrected chi connectivity index (χ4v) is 5.71. The Morgan fingerprint density at radius 1 is 0.694 bits per heavy atom. The highest BCUT2D eigenvalue weighted by Gasteiger charge is 2.40. The first-order chi connectivity index (χ1) is 16.6. The normalized spacial score (nSPS) is 11.5. The Hall–Kier alpha value is -2.82. The maximum atomic E-state index is 13.3. The highest BCUT2D eigenvalue weighted by Crippen LogP contribution is 2.45. The van der Waals surface area contributed by atoms with Gasteiger partial charge in [0.1, 0.15) is 0 Å².